The third-order valence-corrected chi connectivity index (χ3v) is 4.08. The number of carboxylic acid groups (broad SMARTS) is 1. The van der Waals surface area contributed by atoms with Crippen LogP contribution in [0.15, 0.2) is 24.3 Å². The molecule has 2 amide bonds. The van der Waals surface area contributed by atoms with Crippen molar-refractivity contribution in [3.8, 4) is 0 Å². The number of carboxylic acids is 1. The molecule has 0 saturated heterocycles. The number of amides is 2. The molecule has 2 rings (SSSR count). The smallest absolute Gasteiger partial charge is 0.317 e. The van der Waals surface area contributed by atoms with Crippen LogP contribution in [0.5, 0.6) is 0 Å². The van der Waals surface area contributed by atoms with Crippen LogP contribution in [0.4, 0.5) is 0 Å². The van der Waals surface area contributed by atoms with E-state index in [1.165, 1.54) is 4.90 Å². The molecule has 0 fully saturated rings. The van der Waals surface area contributed by atoms with E-state index in [1.54, 1.807) is 24.3 Å². The van der Waals surface area contributed by atoms with Gasteiger partial charge in [0.05, 0.1) is 11.1 Å². The summed E-state index contributed by atoms with van der Waals surface area (Å²) in [6, 6.07) is 6.76. The van der Waals surface area contributed by atoms with Gasteiger partial charge in [0.25, 0.3) is 11.8 Å². The molecule has 0 saturated carbocycles. The number of carbonyl (C=O) groups is 3. The fourth-order valence-corrected chi connectivity index (χ4v) is 2.48. The predicted octanol–water partition coefficient (Wildman–Crippen LogP) is 2.30. The molecule has 0 radical (unpaired) electrons. The molecule has 0 bridgehead atoms. The average Bonchev–Trinajstić information content (AvgIpc) is 2.68. The van der Waals surface area contributed by atoms with Crippen LogP contribution >= 0.6 is 15.9 Å². The Balaban J connectivity index is 1.88. The van der Waals surface area contributed by atoms with E-state index in [2.05, 4.69) is 15.9 Å². The molecule has 1 aromatic carbocycles. The second kappa shape index (κ2) is 6.17. The SMILES string of the molecule is O=C(O)[C@H](Br)CCCCN1C(=O)c2ccccc2C1=O. The van der Waals surface area contributed by atoms with E-state index >= 15 is 0 Å². The van der Waals surface area contributed by atoms with Crippen LogP contribution in [-0.4, -0.2) is 39.2 Å². The number of fused-ring (bicyclic) bond motifs is 1. The number of hydrogen-bond donors (Lipinski definition) is 1. The average molecular weight is 340 g/mol. The minimum Gasteiger partial charge on any atom is -0.480 e. The number of rotatable bonds is 6. The number of halogens is 1. The lowest BCUT2D eigenvalue weighted by Crippen LogP contribution is -2.30. The largest absolute Gasteiger partial charge is 0.480 e. The number of unbranched alkanes of at least 4 members (excludes halogenated alkanes) is 1. The van der Waals surface area contributed by atoms with E-state index in [1.807, 2.05) is 0 Å². The van der Waals surface area contributed by atoms with E-state index < -0.39 is 10.8 Å². The minimum atomic E-state index is -0.897. The molecule has 6 heteroatoms. The Hall–Kier alpha value is -1.69. The monoisotopic (exact) mass is 339 g/mol. The van der Waals surface area contributed by atoms with Gasteiger partial charge in [-0.1, -0.05) is 28.1 Å². The van der Waals surface area contributed by atoms with Gasteiger partial charge in [-0.05, 0) is 31.4 Å². The summed E-state index contributed by atoms with van der Waals surface area (Å²) in [6.45, 7) is 0.325. The molecular formula is C14H14BrNO4. The molecule has 5 nitrogen and oxygen atoms in total. The first kappa shape index (κ1) is 14.7. The fraction of sp³-hybridized carbons (Fsp3) is 0.357. The summed E-state index contributed by atoms with van der Waals surface area (Å²) in [5.74, 6) is -1.43. The van der Waals surface area contributed by atoms with Gasteiger partial charge in [-0.15, -0.1) is 0 Å². The summed E-state index contributed by atoms with van der Waals surface area (Å²) in [4.78, 5) is 35.4. The molecule has 1 aliphatic rings. The fourth-order valence-electron chi connectivity index (χ4n) is 2.16. The van der Waals surface area contributed by atoms with Crippen molar-refractivity contribution in [3.63, 3.8) is 0 Å². The van der Waals surface area contributed by atoms with Gasteiger partial charge in [-0.3, -0.25) is 19.3 Å². The molecule has 0 spiro atoms. The predicted molar refractivity (Wildman–Crippen MR) is 76.0 cm³/mol. The van der Waals surface area contributed by atoms with Crippen LogP contribution < -0.4 is 0 Å². The maximum Gasteiger partial charge on any atom is 0.317 e. The van der Waals surface area contributed by atoms with Crippen LogP contribution in [0.1, 0.15) is 40.0 Å². The third-order valence-electron chi connectivity index (χ3n) is 3.24. The Morgan fingerprint density at radius 2 is 1.70 bits per heavy atom. The lowest BCUT2D eigenvalue weighted by atomic mass is 10.1. The highest BCUT2D eigenvalue weighted by molar-refractivity contribution is 9.10. The maximum absolute atomic E-state index is 12.0. The van der Waals surface area contributed by atoms with Crippen LogP contribution in [0.25, 0.3) is 0 Å². The molecule has 20 heavy (non-hydrogen) atoms. The van der Waals surface area contributed by atoms with E-state index in [0.717, 1.165) is 0 Å². The van der Waals surface area contributed by atoms with Gasteiger partial charge in [-0.2, -0.15) is 0 Å². The zero-order valence-electron chi connectivity index (χ0n) is 10.7. The van der Waals surface area contributed by atoms with E-state index in [0.29, 0.717) is 36.9 Å². The van der Waals surface area contributed by atoms with E-state index in [9.17, 15) is 14.4 Å². The Kier molecular flexibility index (Phi) is 4.54. The number of nitrogens with zero attached hydrogens (tertiary/aromatic N) is 1. The molecule has 0 aromatic heterocycles. The Bertz CT molecular complexity index is 523. The number of aliphatic carboxylic acids is 1. The normalized spacial score (nSPS) is 15.3. The quantitative estimate of drug-likeness (QED) is 0.490. The van der Waals surface area contributed by atoms with Crippen molar-refractivity contribution in [2.75, 3.05) is 6.54 Å². The summed E-state index contributed by atoms with van der Waals surface area (Å²) in [6.07, 6.45) is 1.70. The first-order chi connectivity index (χ1) is 9.52. The van der Waals surface area contributed by atoms with Crippen molar-refractivity contribution in [2.24, 2.45) is 0 Å². The van der Waals surface area contributed by atoms with Crippen LogP contribution in [0, 0.1) is 0 Å². The molecule has 1 aromatic rings. The van der Waals surface area contributed by atoms with Crippen molar-refractivity contribution in [2.45, 2.75) is 24.1 Å². The van der Waals surface area contributed by atoms with Gasteiger partial charge in [0, 0.05) is 6.54 Å². The number of imide groups is 1. The van der Waals surface area contributed by atoms with Crippen molar-refractivity contribution < 1.29 is 19.5 Å². The number of carbonyl (C=O) groups excluding carboxylic acids is 2. The van der Waals surface area contributed by atoms with Crippen molar-refractivity contribution >= 4 is 33.7 Å². The highest BCUT2D eigenvalue weighted by Gasteiger charge is 2.34. The standard InChI is InChI=1S/C14H14BrNO4/c15-11(14(19)20)7-3-4-8-16-12(17)9-5-1-2-6-10(9)13(16)18/h1-2,5-6,11H,3-4,7-8H2,(H,19,20)/t11-/m1/s1. The molecule has 1 N–H and O–H groups in total. The summed E-state index contributed by atoms with van der Waals surface area (Å²) in [5, 5.41) is 8.73. The lowest BCUT2D eigenvalue weighted by Gasteiger charge is -2.13. The third kappa shape index (κ3) is 2.90. The summed E-state index contributed by atoms with van der Waals surface area (Å²) < 4.78 is 0. The van der Waals surface area contributed by atoms with Gasteiger partial charge >= 0.3 is 5.97 Å². The van der Waals surface area contributed by atoms with E-state index in [-0.39, 0.29) is 11.8 Å². The molecular weight excluding hydrogens is 326 g/mol. The lowest BCUT2D eigenvalue weighted by molar-refractivity contribution is -0.136. The second-order valence-corrected chi connectivity index (χ2v) is 5.71. The van der Waals surface area contributed by atoms with Crippen molar-refractivity contribution in [1.82, 2.24) is 4.90 Å². The van der Waals surface area contributed by atoms with Gasteiger partial charge in [-0.25, -0.2) is 0 Å². The Morgan fingerprint density at radius 1 is 1.15 bits per heavy atom. The van der Waals surface area contributed by atoms with Crippen LogP contribution in [-0.2, 0) is 4.79 Å². The second-order valence-electron chi connectivity index (χ2n) is 4.61. The molecule has 106 valence electrons. The number of hydrogen-bond acceptors (Lipinski definition) is 3. The zero-order chi connectivity index (χ0) is 14.7. The summed E-state index contributed by atoms with van der Waals surface area (Å²) in [7, 11) is 0. The molecule has 1 aliphatic heterocycles. The highest BCUT2D eigenvalue weighted by atomic mass is 79.9. The molecule has 1 atom stereocenters. The van der Waals surface area contributed by atoms with Crippen LogP contribution in [0.2, 0.25) is 0 Å². The van der Waals surface area contributed by atoms with Crippen LogP contribution in [0.3, 0.4) is 0 Å². The van der Waals surface area contributed by atoms with Gasteiger partial charge in [0.15, 0.2) is 0 Å². The van der Waals surface area contributed by atoms with Crippen molar-refractivity contribution in [3.05, 3.63) is 35.4 Å². The highest BCUT2D eigenvalue weighted by Crippen LogP contribution is 2.23. The Labute approximate surface area is 124 Å². The molecule has 0 aliphatic carbocycles. The van der Waals surface area contributed by atoms with Gasteiger partial charge < -0.3 is 5.11 Å². The zero-order valence-corrected chi connectivity index (χ0v) is 12.3. The first-order valence-electron chi connectivity index (χ1n) is 6.34. The van der Waals surface area contributed by atoms with Crippen molar-refractivity contribution in [1.29, 1.82) is 0 Å². The summed E-state index contributed by atoms with van der Waals surface area (Å²) >= 11 is 3.06. The summed E-state index contributed by atoms with van der Waals surface area (Å²) in [5.41, 5.74) is 0.891. The van der Waals surface area contributed by atoms with Gasteiger partial charge in [0.1, 0.15) is 4.83 Å². The number of alkyl halides is 1. The maximum atomic E-state index is 12.0. The molecule has 0 unspecified atom stereocenters. The minimum absolute atomic E-state index is 0.265. The topological polar surface area (TPSA) is 74.7 Å². The molecule has 1 heterocycles. The number of benzene rings is 1. The van der Waals surface area contributed by atoms with Gasteiger partial charge in [0.2, 0.25) is 0 Å². The first-order valence-corrected chi connectivity index (χ1v) is 7.26. The van der Waals surface area contributed by atoms with E-state index in [4.69, 9.17) is 5.11 Å². The Morgan fingerprint density at radius 3 is 2.20 bits per heavy atom.